The predicted molar refractivity (Wildman–Crippen MR) is 80.7 cm³/mol. The number of rotatable bonds is 2. The monoisotopic (exact) mass is 315 g/mol. The van der Waals surface area contributed by atoms with Crippen LogP contribution in [-0.2, 0) is 0 Å². The first kappa shape index (κ1) is 11.6. The van der Waals surface area contributed by atoms with Gasteiger partial charge in [-0.1, -0.05) is 58.4 Å². The molecule has 3 aromatic rings. The molecule has 88 valence electrons. The molecule has 3 heteroatoms. The molecule has 3 rings (SSSR count). The first-order valence-electron chi connectivity index (χ1n) is 5.61. The molecule has 0 amide bonds. The van der Waals surface area contributed by atoms with Crippen LogP contribution in [0.4, 0.5) is 0 Å². The number of halogens is 1. The second kappa shape index (κ2) is 5.04. The van der Waals surface area contributed by atoms with Gasteiger partial charge in [-0.2, -0.15) is 4.37 Å². The third-order valence-corrected chi connectivity index (χ3v) is 4.08. The number of aromatic nitrogens is 1. The quantitative estimate of drug-likeness (QED) is 0.630. The van der Waals surface area contributed by atoms with Gasteiger partial charge in [0.15, 0.2) is 0 Å². The predicted octanol–water partition coefficient (Wildman–Crippen LogP) is 5.24. The van der Waals surface area contributed by atoms with E-state index in [2.05, 4.69) is 50.6 Å². The molecule has 0 saturated heterocycles. The largest absolute Gasteiger partial charge is 0.192 e. The SMILES string of the molecule is Brc1ccc(-c2cc(-c3ccccc3)sn2)cc1. The van der Waals surface area contributed by atoms with Crippen molar-refractivity contribution < 1.29 is 0 Å². The fourth-order valence-electron chi connectivity index (χ4n) is 1.77. The van der Waals surface area contributed by atoms with Crippen LogP contribution in [0.25, 0.3) is 21.7 Å². The minimum absolute atomic E-state index is 1.03. The summed E-state index contributed by atoms with van der Waals surface area (Å²) < 4.78 is 5.61. The van der Waals surface area contributed by atoms with Gasteiger partial charge in [-0.3, -0.25) is 0 Å². The van der Waals surface area contributed by atoms with Crippen molar-refractivity contribution in [3.63, 3.8) is 0 Å². The highest BCUT2D eigenvalue weighted by molar-refractivity contribution is 9.10. The minimum Gasteiger partial charge on any atom is -0.192 e. The number of hydrogen-bond donors (Lipinski definition) is 0. The Labute approximate surface area is 118 Å². The van der Waals surface area contributed by atoms with Crippen molar-refractivity contribution in [1.82, 2.24) is 4.37 Å². The van der Waals surface area contributed by atoms with E-state index < -0.39 is 0 Å². The summed E-state index contributed by atoms with van der Waals surface area (Å²) in [6.07, 6.45) is 0. The first-order chi connectivity index (χ1) is 8.83. The van der Waals surface area contributed by atoms with E-state index >= 15 is 0 Å². The third-order valence-electron chi connectivity index (χ3n) is 2.71. The van der Waals surface area contributed by atoms with Crippen molar-refractivity contribution in [2.75, 3.05) is 0 Å². The van der Waals surface area contributed by atoms with Gasteiger partial charge in [0.1, 0.15) is 0 Å². The molecule has 0 atom stereocenters. The summed E-state index contributed by atoms with van der Waals surface area (Å²) in [4.78, 5) is 1.20. The van der Waals surface area contributed by atoms with Gasteiger partial charge < -0.3 is 0 Å². The van der Waals surface area contributed by atoms with E-state index in [1.807, 2.05) is 30.3 Å². The van der Waals surface area contributed by atoms with Gasteiger partial charge in [0.25, 0.3) is 0 Å². The average Bonchev–Trinajstić information content (AvgIpc) is 2.90. The van der Waals surface area contributed by atoms with E-state index in [1.165, 1.54) is 22.0 Å². The zero-order chi connectivity index (χ0) is 12.4. The lowest BCUT2D eigenvalue weighted by Gasteiger charge is -1.96. The van der Waals surface area contributed by atoms with E-state index in [0.29, 0.717) is 0 Å². The molecule has 18 heavy (non-hydrogen) atoms. The van der Waals surface area contributed by atoms with Crippen LogP contribution < -0.4 is 0 Å². The van der Waals surface area contributed by atoms with Crippen LogP contribution in [-0.4, -0.2) is 4.37 Å². The number of benzene rings is 2. The summed E-state index contributed by atoms with van der Waals surface area (Å²) in [7, 11) is 0. The highest BCUT2D eigenvalue weighted by atomic mass is 79.9. The lowest BCUT2D eigenvalue weighted by molar-refractivity contribution is 1.51. The molecular weight excluding hydrogens is 306 g/mol. The Morgan fingerprint density at radius 3 is 2.28 bits per heavy atom. The lowest BCUT2D eigenvalue weighted by atomic mass is 10.1. The maximum atomic E-state index is 4.52. The van der Waals surface area contributed by atoms with Crippen LogP contribution >= 0.6 is 27.5 Å². The summed E-state index contributed by atoms with van der Waals surface area (Å²) in [6, 6.07) is 20.7. The van der Waals surface area contributed by atoms with Crippen LogP contribution in [0.5, 0.6) is 0 Å². The summed E-state index contributed by atoms with van der Waals surface area (Å²) in [5, 5.41) is 0. The van der Waals surface area contributed by atoms with Gasteiger partial charge in [-0.05, 0) is 35.3 Å². The smallest absolute Gasteiger partial charge is 0.0847 e. The fourth-order valence-corrected chi connectivity index (χ4v) is 2.80. The Balaban J connectivity index is 1.97. The van der Waals surface area contributed by atoms with Crippen LogP contribution in [0, 0.1) is 0 Å². The van der Waals surface area contributed by atoms with Crippen molar-refractivity contribution in [2.45, 2.75) is 0 Å². The van der Waals surface area contributed by atoms with Crippen LogP contribution in [0.1, 0.15) is 0 Å². The second-order valence-corrected chi connectivity index (χ2v) is 5.67. The van der Waals surface area contributed by atoms with Gasteiger partial charge in [-0.25, -0.2) is 0 Å². The molecule has 0 bridgehead atoms. The van der Waals surface area contributed by atoms with Gasteiger partial charge in [-0.15, -0.1) is 0 Å². The maximum absolute atomic E-state index is 4.52. The molecule has 2 aromatic carbocycles. The summed E-state index contributed by atoms with van der Waals surface area (Å²) in [6.45, 7) is 0. The summed E-state index contributed by atoms with van der Waals surface area (Å²) >= 11 is 4.98. The maximum Gasteiger partial charge on any atom is 0.0847 e. The Morgan fingerprint density at radius 1 is 0.833 bits per heavy atom. The molecule has 1 heterocycles. The molecule has 0 radical (unpaired) electrons. The molecule has 0 unspecified atom stereocenters. The standard InChI is InChI=1S/C15H10BrNS/c16-13-8-6-11(7-9-13)14-10-15(18-17-14)12-4-2-1-3-5-12/h1-10H. The fraction of sp³-hybridized carbons (Fsp3) is 0. The molecule has 1 nitrogen and oxygen atoms in total. The average molecular weight is 316 g/mol. The third kappa shape index (κ3) is 2.37. The molecule has 0 fully saturated rings. The molecular formula is C15H10BrNS. The van der Waals surface area contributed by atoms with E-state index in [0.717, 1.165) is 15.7 Å². The highest BCUT2D eigenvalue weighted by Crippen LogP contribution is 2.29. The first-order valence-corrected chi connectivity index (χ1v) is 7.18. The van der Waals surface area contributed by atoms with Crippen LogP contribution in [0.15, 0.2) is 65.1 Å². The molecule has 0 N–H and O–H groups in total. The van der Waals surface area contributed by atoms with E-state index in [-0.39, 0.29) is 0 Å². The Hall–Kier alpha value is -1.45. The molecule has 0 saturated carbocycles. The normalized spacial score (nSPS) is 10.5. The van der Waals surface area contributed by atoms with Crippen molar-refractivity contribution >= 4 is 27.5 Å². The van der Waals surface area contributed by atoms with Crippen molar-refractivity contribution in [2.24, 2.45) is 0 Å². The number of nitrogens with zero attached hydrogens (tertiary/aromatic N) is 1. The van der Waals surface area contributed by atoms with E-state index in [4.69, 9.17) is 0 Å². The van der Waals surface area contributed by atoms with Gasteiger partial charge in [0.05, 0.1) is 10.6 Å². The van der Waals surface area contributed by atoms with E-state index in [1.54, 1.807) is 0 Å². The van der Waals surface area contributed by atoms with Crippen molar-refractivity contribution in [3.8, 4) is 21.7 Å². The van der Waals surface area contributed by atoms with Crippen molar-refractivity contribution in [1.29, 1.82) is 0 Å². The van der Waals surface area contributed by atoms with Crippen molar-refractivity contribution in [3.05, 3.63) is 65.1 Å². The molecule has 0 aliphatic rings. The molecule has 1 aromatic heterocycles. The lowest BCUT2D eigenvalue weighted by Crippen LogP contribution is -1.75. The number of hydrogen-bond acceptors (Lipinski definition) is 2. The van der Waals surface area contributed by atoms with Gasteiger partial charge in [0.2, 0.25) is 0 Å². The molecule has 0 spiro atoms. The van der Waals surface area contributed by atoms with Gasteiger partial charge >= 0.3 is 0 Å². The highest BCUT2D eigenvalue weighted by Gasteiger charge is 2.05. The summed E-state index contributed by atoms with van der Waals surface area (Å²) in [5.41, 5.74) is 3.40. The Bertz CT molecular complexity index is 644. The van der Waals surface area contributed by atoms with Gasteiger partial charge in [0, 0.05) is 10.0 Å². The Kier molecular flexibility index (Phi) is 3.26. The zero-order valence-electron chi connectivity index (χ0n) is 9.51. The minimum atomic E-state index is 1.03. The van der Waals surface area contributed by atoms with Crippen LogP contribution in [0.2, 0.25) is 0 Å². The summed E-state index contributed by atoms with van der Waals surface area (Å²) in [5.74, 6) is 0. The second-order valence-electron chi connectivity index (χ2n) is 3.95. The Morgan fingerprint density at radius 2 is 1.56 bits per heavy atom. The molecule has 0 aliphatic heterocycles. The zero-order valence-corrected chi connectivity index (χ0v) is 11.9. The van der Waals surface area contributed by atoms with E-state index in [9.17, 15) is 0 Å². The topological polar surface area (TPSA) is 12.9 Å². The molecule has 0 aliphatic carbocycles. The van der Waals surface area contributed by atoms with Crippen LogP contribution in [0.3, 0.4) is 0 Å².